The van der Waals surface area contributed by atoms with E-state index in [2.05, 4.69) is 0 Å². The van der Waals surface area contributed by atoms with Crippen LogP contribution in [0.1, 0.15) is 99.9 Å². The van der Waals surface area contributed by atoms with Crippen molar-refractivity contribution < 1.29 is 10.2 Å². The van der Waals surface area contributed by atoms with Crippen molar-refractivity contribution in [2.75, 3.05) is 0 Å². The fraction of sp³-hybridized carbons (Fsp3) is 0.222. The van der Waals surface area contributed by atoms with Crippen LogP contribution in [0.25, 0.3) is 48.6 Å². The number of allylic oxidation sites excluding steroid dienone is 8. The maximum absolute atomic E-state index is 14.2. The monoisotopic (exact) mass is 560 g/mol. The average Bonchev–Trinajstić information content (AvgIpc) is 2.92. The Balaban J connectivity index is 0.00000800. The Hall–Kier alpha value is -2.92. The largest absolute Gasteiger partial charge is 2.00 e. The zero-order valence-electron chi connectivity index (χ0n) is 25.2. The fourth-order valence-electron chi connectivity index (χ4n) is 4.58. The van der Waals surface area contributed by atoms with Gasteiger partial charge in [-0.25, -0.2) is 0 Å². The standard InChI is InChI=1S/C36H42O2S.Mg/c1-9-17-25-27(19-11-3)31(23-15-7)35(33(37)29(25)21-13-5)39-36-32(24-16-8)28(20-12-4)26(18-10-2)30(22-14-6)34(36)38;/h9-24,37-38H,1-8H3;/q;+2/p-2. The summed E-state index contributed by atoms with van der Waals surface area (Å²) in [6.45, 7) is 15.5. The third kappa shape index (κ3) is 7.63. The third-order valence-corrected chi connectivity index (χ3v) is 7.22. The Morgan fingerprint density at radius 1 is 0.350 bits per heavy atom. The van der Waals surface area contributed by atoms with Crippen molar-refractivity contribution in [2.24, 2.45) is 0 Å². The summed E-state index contributed by atoms with van der Waals surface area (Å²) in [6, 6.07) is 0. The van der Waals surface area contributed by atoms with Crippen LogP contribution in [0.15, 0.2) is 58.4 Å². The molecule has 204 valence electrons. The second kappa shape index (κ2) is 17.7. The second-order valence-corrected chi connectivity index (χ2v) is 9.75. The van der Waals surface area contributed by atoms with Crippen molar-refractivity contribution in [3.05, 3.63) is 93.1 Å². The Kier molecular flexibility index (Phi) is 15.5. The Labute approximate surface area is 262 Å². The van der Waals surface area contributed by atoms with Gasteiger partial charge in [0, 0.05) is 9.79 Å². The number of hydrogen-bond acceptors (Lipinski definition) is 3. The van der Waals surface area contributed by atoms with Crippen molar-refractivity contribution in [3.63, 3.8) is 0 Å². The maximum Gasteiger partial charge on any atom is 2.00 e. The molecule has 0 aliphatic rings. The van der Waals surface area contributed by atoms with Gasteiger partial charge in [-0.3, -0.25) is 0 Å². The summed E-state index contributed by atoms with van der Waals surface area (Å²) < 4.78 is 0. The molecule has 0 saturated carbocycles. The van der Waals surface area contributed by atoms with E-state index in [1.54, 1.807) is 0 Å². The summed E-state index contributed by atoms with van der Waals surface area (Å²) in [5, 5.41) is 28.3. The molecule has 0 radical (unpaired) electrons. The van der Waals surface area contributed by atoms with Gasteiger partial charge < -0.3 is 10.2 Å². The molecule has 0 aromatic heterocycles. The summed E-state index contributed by atoms with van der Waals surface area (Å²) in [4.78, 5) is 1.09. The van der Waals surface area contributed by atoms with Crippen LogP contribution in [0.4, 0.5) is 0 Å². The van der Waals surface area contributed by atoms with Crippen molar-refractivity contribution in [3.8, 4) is 11.5 Å². The molecule has 4 heteroatoms. The number of benzene rings is 2. The van der Waals surface area contributed by atoms with Crippen molar-refractivity contribution >= 4 is 83.4 Å². The van der Waals surface area contributed by atoms with E-state index in [0.29, 0.717) is 20.9 Å². The molecule has 0 amide bonds. The molecule has 2 rings (SSSR count). The quantitative estimate of drug-likeness (QED) is 0.272. The molecule has 0 bridgehead atoms. The molecule has 0 heterocycles. The van der Waals surface area contributed by atoms with Gasteiger partial charge >= 0.3 is 23.1 Å². The van der Waals surface area contributed by atoms with E-state index in [-0.39, 0.29) is 34.6 Å². The van der Waals surface area contributed by atoms with Crippen LogP contribution in [0, 0.1) is 0 Å². The van der Waals surface area contributed by atoms with Gasteiger partial charge in [0.2, 0.25) is 0 Å². The predicted molar refractivity (Wildman–Crippen MR) is 179 cm³/mol. The van der Waals surface area contributed by atoms with Crippen molar-refractivity contribution in [2.45, 2.75) is 65.2 Å². The second-order valence-electron chi connectivity index (χ2n) is 8.73. The normalized spacial score (nSPS) is 12.8. The minimum absolute atomic E-state index is 0. The van der Waals surface area contributed by atoms with Gasteiger partial charge in [0.25, 0.3) is 0 Å². The molecule has 0 aliphatic heterocycles. The van der Waals surface area contributed by atoms with E-state index in [0.717, 1.165) is 33.4 Å². The molecule has 40 heavy (non-hydrogen) atoms. The van der Waals surface area contributed by atoms with Crippen molar-refractivity contribution in [1.29, 1.82) is 0 Å². The molecule has 2 aromatic rings. The molecule has 0 fully saturated rings. The van der Waals surface area contributed by atoms with Crippen LogP contribution in [0.2, 0.25) is 0 Å². The zero-order chi connectivity index (χ0) is 28.9. The SMILES string of the molecule is CC=Cc1c([O-])c(Sc2c([O-])c(C=CC)c(C=CC)c(C=CC)c2C=CC)c(C=CC)c(C=CC)c1C=CC.[Mg+2]. The minimum Gasteiger partial charge on any atom is -0.871 e. The fourth-order valence-corrected chi connectivity index (χ4v) is 5.76. The topological polar surface area (TPSA) is 46.1 Å². The molecule has 2 aromatic carbocycles. The molecule has 0 spiro atoms. The van der Waals surface area contributed by atoms with E-state index >= 15 is 0 Å². The Bertz CT molecular complexity index is 1310. The van der Waals surface area contributed by atoms with E-state index in [9.17, 15) is 10.2 Å². The van der Waals surface area contributed by atoms with Crippen LogP contribution in [-0.4, -0.2) is 23.1 Å². The third-order valence-electron chi connectivity index (χ3n) is 6.00. The van der Waals surface area contributed by atoms with Crippen LogP contribution in [0.3, 0.4) is 0 Å². The van der Waals surface area contributed by atoms with E-state index < -0.39 is 0 Å². The molecule has 0 N–H and O–H groups in total. The molecule has 0 aliphatic carbocycles. The molecule has 2 nitrogen and oxygen atoms in total. The molecule has 0 atom stereocenters. The van der Waals surface area contributed by atoms with Crippen molar-refractivity contribution in [1.82, 2.24) is 0 Å². The van der Waals surface area contributed by atoms with Gasteiger partial charge in [0.1, 0.15) is 0 Å². The van der Waals surface area contributed by atoms with Crippen LogP contribution >= 0.6 is 11.8 Å². The smallest absolute Gasteiger partial charge is 0.871 e. The first-order valence-corrected chi connectivity index (χ1v) is 14.2. The van der Waals surface area contributed by atoms with Gasteiger partial charge in [-0.2, -0.15) is 0 Å². The van der Waals surface area contributed by atoms with Gasteiger partial charge in [0.05, 0.1) is 0 Å². The van der Waals surface area contributed by atoms with Gasteiger partial charge in [-0.1, -0.05) is 120 Å². The summed E-state index contributed by atoms with van der Waals surface area (Å²) in [6.07, 6.45) is 31.3. The minimum atomic E-state index is -0.0870. The Morgan fingerprint density at radius 2 is 0.550 bits per heavy atom. The van der Waals surface area contributed by atoms with Gasteiger partial charge in [0.15, 0.2) is 0 Å². The Morgan fingerprint density at radius 3 is 0.800 bits per heavy atom. The van der Waals surface area contributed by atoms with Gasteiger partial charge in [-0.05, 0) is 99.9 Å². The summed E-state index contributed by atoms with van der Waals surface area (Å²) in [7, 11) is 0. The maximum atomic E-state index is 14.2. The van der Waals surface area contributed by atoms with Crippen LogP contribution in [-0.2, 0) is 0 Å². The van der Waals surface area contributed by atoms with E-state index in [4.69, 9.17) is 0 Å². The number of rotatable bonds is 10. The van der Waals surface area contributed by atoms with Crippen LogP contribution < -0.4 is 10.2 Å². The van der Waals surface area contributed by atoms with E-state index in [1.807, 2.05) is 153 Å². The summed E-state index contributed by atoms with van der Waals surface area (Å²) >= 11 is 1.28. The van der Waals surface area contributed by atoms with E-state index in [1.165, 1.54) is 11.8 Å². The first-order chi connectivity index (χ1) is 18.9. The van der Waals surface area contributed by atoms with Gasteiger partial charge in [-0.15, -0.1) is 0 Å². The zero-order valence-corrected chi connectivity index (χ0v) is 27.4. The molecular formula is C36H40MgO2S. The average molecular weight is 561 g/mol. The molecule has 0 unspecified atom stereocenters. The summed E-state index contributed by atoms with van der Waals surface area (Å²) in [5.41, 5.74) is 6.53. The first-order valence-electron chi connectivity index (χ1n) is 13.4. The molecular weight excluding hydrogens is 521 g/mol. The summed E-state index contributed by atoms with van der Waals surface area (Å²) in [5.74, 6) is -0.174. The number of hydrogen-bond donors (Lipinski definition) is 0. The molecule has 0 saturated heterocycles. The first kappa shape index (κ1) is 35.1. The predicted octanol–water partition coefficient (Wildman–Crippen LogP) is 9.87. The van der Waals surface area contributed by atoms with Crippen LogP contribution in [0.5, 0.6) is 11.5 Å².